The maximum Gasteiger partial charge on any atom is 0.328 e. The molecule has 0 aliphatic heterocycles. The summed E-state index contributed by atoms with van der Waals surface area (Å²) in [5.41, 5.74) is 11.2. The molecule has 2 unspecified atom stereocenters. The van der Waals surface area contributed by atoms with Crippen LogP contribution in [0.3, 0.4) is 0 Å². The zero-order valence-corrected chi connectivity index (χ0v) is 25.6. The number of aliphatic carboxylic acids is 1. The van der Waals surface area contributed by atoms with Crippen molar-refractivity contribution in [2.24, 2.45) is 23.3 Å². The second-order valence-corrected chi connectivity index (χ2v) is 10.8. The molecule has 18 heteroatoms. The molecule has 0 bridgehead atoms. The third-order valence-corrected chi connectivity index (χ3v) is 6.53. The van der Waals surface area contributed by atoms with Gasteiger partial charge in [-0.2, -0.15) is 0 Å². The van der Waals surface area contributed by atoms with Crippen LogP contribution in [0.25, 0.3) is 0 Å². The molecule has 18 nitrogen and oxygen atoms in total. The van der Waals surface area contributed by atoms with Crippen molar-refractivity contribution in [3.8, 4) is 0 Å². The van der Waals surface area contributed by atoms with Crippen molar-refractivity contribution >= 4 is 41.5 Å². The van der Waals surface area contributed by atoms with Crippen LogP contribution in [-0.2, 0) is 28.8 Å². The van der Waals surface area contributed by atoms with Gasteiger partial charge in [-0.25, -0.2) is 4.79 Å². The number of hydrogen-bond donors (Lipinski definition) is 12. The number of carboxylic acid groups (broad SMARTS) is 1. The van der Waals surface area contributed by atoms with Gasteiger partial charge in [0.2, 0.25) is 29.5 Å². The first-order chi connectivity index (χ1) is 20.6. The van der Waals surface area contributed by atoms with Crippen LogP contribution in [0, 0.1) is 17.2 Å². The number of rotatable bonds is 21. The normalized spacial score (nSPS) is 15.0. The van der Waals surface area contributed by atoms with E-state index in [1.54, 1.807) is 6.92 Å². The third-order valence-electron chi connectivity index (χ3n) is 6.53. The number of nitrogens with two attached hydrogens (primary N) is 2. The van der Waals surface area contributed by atoms with E-state index in [1.807, 2.05) is 26.1 Å². The van der Waals surface area contributed by atoms with Gasteiger partial charge in [0.05, 0.1) is 25.8 Å². The summed E-state index contributed by atoms with van der Waals surface area (Å²) < 4.78 is 0. The number of nitrogens with one attached hydrogen (secondary N) is 7. The van der Waals surface area contributed by atoms with Gasteiger partial charge < -0.3 is 58.7 Å². The Bertz CT molecular complexity index is 996. The molecule has 5 amide bonds. The fourth-order valence-electron chi connectivity index (χ4n) is 3.79. The van der Waals surface area contributed by atoms with Crippen molar-refractivity contribution < 1.29 is 44.1 Å². The van der Waals surface area contributed by atoms with Crippen molar-refractivity contribution in [2.45, 2.75) is 83.6 Å². The first-order valence-corrected chi connectivity index (χ1v) is 14.3. The molecule has 0 heterocycles. The first-order valence-electron chi connectivity index (χ1n) is 14.3. The molecular formula is C26H49N9O9. The average molecular weight is 632 g/mol. The summed E-state index contributed by atoms with van der Waals surface area (Å²) in [4.78, 5) is 74.6. The van der Waals surface area contributed by atoms with Crippen LogP contribution in [0.5, 0.6) is 0 Å². The topological polar surface area (TPSA) is 311 Å². The summed E-state index contributed by atoms with van der Waals surface area (Å²) in [6.07, 6.45) is 1.42. The van der Waals surface area contributed by atoms with E-state index in [9.17, 15) is 33.9 Å². The van der Waals surface area contributed by atoms with Crippen LogP contribution in [0.4, 0.5) is 0 Å². The van der Waals surface area contributed by atoms with E-state index in [-0.39, 0.29) is 30.6 Å². The van der Waals surface area contributed by atoms with Crippen LogP contribution in [-0.4, -0.2) is 113 Å². The van der Waals surface area contributed by atoms with Gasteiger partial charge in [-0.15, -0.1) is 0 Å². The van der Waals surface area contributed by atoms with E-state index < -0.39 is 85.5 Å². The molecule has 14 N–H and O–H groups in total. The Morgan fingerprint density at radius 2 is 1.39 bits per heavy atom. The average Bonchev–Trinajstić information content (AvgIpc) is 2.96. The Balaban J connectivity index is 5.34. The van der Waals surface area contributed by atoms with Crippen molar-refractivity contribution in [3.63, 3.8) is 0 Å². The summed E-state index contributed by atoms with van der Waals surface area (Å²) in [6, 6.07) is -6.25. The lowest BCUT2D eigenvalue weighted by Crippen LogP contribution is -2.58. The molecule has 252 valence electrons. The Morgan fingerprint density at radius 3 is 1.89 bits per heavy atom. The van der Waals surface area contributed by atoms with Crippen molar-refractivity contribution in [3.05, 3.63) is 0 Å². The van der Waals surface area contributed by atoms with Gasteiger partial charge in [0, 0.05) is 6.54 Å². The van der Waals surface area contributed by atoms with Gasteiger partial charge >= 0.3 is 5.97 Å². The van der Waals surface area contributed by atoms with Crippen molar-refractivity contribution in [1.29, 1.82) is 5.41 Å². The molecule has 0 spiro atoms. The second-order valence-electron chi connectivity index (χ2n) is 10.8. The molecule has 0 saturated carbocycles. The predicted octanol–water partition coefficient (Wildman–Crippen LogP) is -4.21. The van der Waals surface area contributed by atoms with E-state index in [0.29, 0.717) is 19.4 Å². The van der Waals surface area contributed by atoms with E-state index >= 15 is 0 Å². The highest BCUT2D eigenvalue weighted by molar-refractivity contribution is 5.95. The Hall–Kier alpha value is -4.03. The van der Waals surface area contributed by atoms with Crippen LogP contribution in [0.1, 0.15) is 53.4 Å². The molecule has 44 heavy (non-hydrogen) atoms. The molecule has 0 aliphatic rings. The standard InChI is InChI=1S/C26H49N9O9/c1-5-14(4)20(35-21(39)15(27)7-6-8-30-26(28)29)24(42)33-16(9-13(2)3)22(40)31-10-19(38)32-17(11-36)23(41)34-18(12-37)25(43)44/h13-18,20,36-37H,5-12,27H2,1-4H3,(H,31,40)(H,32,38)(H,33,42)(H,34,41)(H,35,39)(H,43,44)(H4,28,29,30)/t14?,15?,16-,17-,18-,20-/m0/s1. The molecule has 0 rings (SSSR count). The van der Waals surface area contributed by atoms with Crippen LogP contribution in [0.2, 0.25) is 0 Å². The molecule has 0 aromatic rings. The lowest BCUT2D eigenvalue weighted by Gasteiger charge is -2.28. The summed E-state index contributed by atoms with van der Waals surface area (Å²) in [5, 5.41) is 49.0. The maximum absolute atomic E-state index is 13.3. The van der Waals surface area contributed by atoms with E-state index in [2.05, 4.69) is 26.6 Å². The molecule has 6 atom stereocenters. The largest absolute Gasteiger partial charge is 0.480 e. The number of aliphatic hydroxyl groups excluding tert-OH is 2. The van der Waals surface area contributed by atoms with Crippen LogP contribution in [0.15, 0.2) is 0 Å². The smallest absolute Gasteiger partial charge is 0.328 e. The van der Waals surface area contributed by atoms with E-state index in [1.165, 1.54) is 0 Å². The number of carboxylic acids is 1. The van der Waals surface area contributed by atoms with Gasteiger partial charge in [-0.05, 0) is 31.1 Å². The van der Waals surface area contributed by atoms with Gasteiger partial charge in [-0.3, -0.25) is 29.4 Å². The van der Waals surface area contributed by atoms with Gasteiger partial charge in [-0.1, -0.05) is 34.1 Å². The number of hydrogen-bond acceptors (Lipinski definition) is 10. The summed E-state index contributed by atoms with van der Waals surface area (Å²) in [6.45, 7) is 5.10. The summed E-state index contributed by atoms with van der Waals surface area (Å²) in [5.74, 6) is -5.99. The fourth-order valence-corrected chi connectivity index (χ4v) is 3.79. The number of guanidine groups is 1. The highest BCUT2D eigenvalue weighted by Gasteiger charge is 2.32. The highest BCUT2D eigenvalue weighted by Crippen LogP contribution is 2.11. The summed E-state index contributed by atoms with van der Waals surface area (Å²) >= 11 is 0. The number of amides is 5. The van der Waals surface area contributed by atoms with Crippen molar-refractivity contribution in [2.75, 3.05) is 26.3 Å². The fraction of sp³-hybridized carbons (Fsp3) is 0.731. The molecule has 0 saturated heterocycles. The van der Waals surface area contributed by atoms with Gasteiger partial charge in [0.15, 0.2) is 5.96 Å². The molecule has 0 aliphatic carbocycles. The van der Waals surface area contributed by atoms with Crippen LogP contribution < -0.4 is 43.4 Å². The number of aliphatic hydroxyl groups is 2. The van der Waals surface area contributed by atoms with Crippen molar-refractivity contribution in [1.82, 2.24) is 31.9 Å². The quantitative estimate of drug-likeness (QED) is 0.0326. The molecule has 0 aromatic carbocycles. The predicted molar refractivity (Wildman–Crippen MR) is 159 cm³/mol. The molecule has 0 radical (unpaired) electrons. The molecule has 0 aromatic heterocycles. The maximum atomic E-state index is 13.3. The zero-order chi connectivity index (χ0) is 34.0. The monoisotopic (exact) mass is 631 g/mol. The highest BCUT2D eigenvalue weighted by atomic mass is 16.4. The third kappa shape index (κ3) is 15.4. The Labute approximate surface area is 256 Å². The number of carbonyl (C=O) groups excluding carboxylic acids is 5. The Morgan fingerprint density at radius 1 is 0.795 bits per heavy atom. The zero-order valence-electron chi connectivity index (χ0n) is 25.6. The number of carbonyl (C=O) groups is 6. The van der Waals surface area contributed by atoms with E-state index in [4.69, 9.17) is 27.1 Å². The lowest BCUT2D eigenvalue weighted by atomic mass is 9.96. The summed E-state index contributed by atoms with van der Waals surface area (Å²) in [7, 11) is 0. The SMILES string of the molecule is CCC(C)[C@H](NC(=O)C(N)CCCNC(=N)N)C(=O)N[C@@H](CC(C)C)C(=O)NCC(=O)N[C@@H](CO)C(=O)N[C@@H](CO)C(=O)O. The minimum absolute atomic E-state index is 0.0651. The van der Waals surface area contributed by atoms with Crippen LogP contribution >= 0.6 is 0 Å². The van der Waals surface area contributed by atoms with E-state index in [0.717, 1.165) is 0 Å². The molecule has 0 fully saturated rings. The Kier molecular flexibility index (Phi) is 18.9. The van der Waals surface area contributed by atoms with Gasteiger partial charge in [0.1, 0.15) is 24.2 Å². The molecular weight excluding hydrogens is 582 g/mol. The lowest BCUT2D eigenvalue weighted by molar-refractivity contribution is -0.143. The first kappa shape index (κ1) is 40.0. The minimum atomic E-state index is -1.65. The van der Waals surface area contributed by atoms with Gasteiger partial charge in [0.25, 0.3) is 0 Å². The minimum Gasteiger partial charge on any atom is -0.480 e. The second kappa shape index (κ2) is 20.8.